The molecule has 1 aliphatic rings. The van der Waals surface area contributed by atoms with Gasteiger partial charge in [0.15, 0.2) is 0 Å². The van der Waals surface area contributed by atoms with E-state index in [4.69, 9.17) is 9.47 Å². The largest absolute Gasteiger partial charge is 0.497 e. The first-order chi connectivity index (χ1) is 17.1. The number of carbonyl (C=O) groups is 2. The highest BCUT2D eigenvalue weighted by Crippen LogP contribution is 2.20. The Bertz CT molecular complexity index is 1140. The van der Waals surface area contributed by atoms with Crippen LogP contribution in [0.3, 0.4) is 0 Å². The smallest absolute Gasteiger partial charge is 0.256 e. The van der Waals surface area contributed by atoms with Crippen molar-refractivity contribution in [1.29, 1.82) is 0 Å². The monoisotopic (exact) mass is 473 g/mol. The number of ether oxygens (including phenoxy) is 2. The molecular formula is C28H31N3O4. The third kappa shape index (κ3) is 6.19. The van der Waals surface area contributed by atoms with E-state index in [0.717, 1.165) is 31.8 Å². The lowest BCUT2D eigenvalue weighted by Crippen LogP contribution is -2.49. The van der Waals surface area contributed by atoms with E-state index in [9.17, 15) is 9.59 Å². The molecule has 4 rings (SSSR count). The van der Waals surface area contributed by atoms with Crippen LogP contribution in [-0.4, -0.2) is 68.6 Å². The van der Waals surface area contributed by atoms with Gasteiger partial charge in [0.05, 0.1) is 25.5 Å². The van der Waals surface area contributed by atoms with E-state index < -0.39 is 0 Å². The van der Waals surface area contributed by atoms with Crippen LogP contribution < -0.4 is 14.8 Å². The Balaban J connectivity index is 1.33. The summed E-state index contributed by atoms with van der Waals surface area (Å²) in [7, 11) is 3.25. The van der Waals surface area contributed by atoms with Crippen LogP contribution in [0.1, 0.15) is 26.3 Å². The molecule has 0 atom stereocenters. The van der Waals surface area contributed by atoms with E-state index >= 15 is 0 Å². The van der Waals surface area contributed by atoms with Crippen LogP contribution in [0.5, 0.6) is 11.5 Å². The number of nitrogens with one attached hydrogen (secondary N) is 1. The molecule has 0 aliphatic carbocycles. The summed E-state index contributed by atoms with van der Waals surface area (Å²) in [4.78, 5) is 30.3. The first-order valence-corrected chi connectivity index (χ1v) is 11.8. The number of nitrogens with zero attached hydrogens (tertiary/aromatic N) is 2. The van der Waals surface area contributed by atoms with Crippen LogP contribution >= 0.6 is 0 Å². The van der Waals surface area contributed by atoms with Crippen LogP contribution in [0, 0.1) is 0 Å². The quantitative estimate of drug-likeness (QED) is 0.536. The number of hydrogen-bond acceptors (Lipinski definition) is 5. The van der Waals surface area contributed by atoms with E-state index in [2.05, 4.69) is 22.3 Å². The van der Waals surface area contributed by atoms with Crippen LogP contribution in [-0.2, 0) is 6.42 Å². The van der Waals surface area contributed by atoms with Gasteiger partial charge < -0.3 is 19.7 Å². The lowest BCUT2D eigenvalue weighted by atomic mass is 10.1. The average molecular weight is 474 g/mol. The number of amides is 2. The zero-order chi connectivity index (χ0) is 24.6. The van der Waals surface area contributed by atoms with Crippen LogP contribution in [0.25, 0.3) is 0 Å². The molecule has 3 aromatic carbocycles. The first-order valence-electron chi connectivity index (χ1n) is 11.8. The van der Waals surface area contributed by atoms with Crippen molar-refractivity contribution < 1.29 is 19.1 Å². The van der Waals surface area contributed by atoms with Crippen molar-refractivity contribution in [2.75, 3.05) is 52.3 Å². The maximum atomic E-state index is 13.3. The summed E-state index contributed by atoms with van der Waals surface area (Å²) in [5, 5.41) is 2.89. The molecule has 35 heavy (non-hydrogen) atoms. The molecule has 0 spiro atoms. The second kappa shape index (κ2) is 11.5. The molecule has 182 valence electrons. The summed E-state index contributed by atoms with van der Waals surface area (Å²) in [6, 6.07) is 22.2. The van der Waals surface area contributed by atoms with Gasteiger partial charge in [-0.3, -0.25) is 14.5 Å². The molecule has 7 nitrogen and oxygen atoms in total. The van der Waals surface area contributed by atoms with Gasteiger partial charge in [0.1, 0.15) is 11.5 Å². The van der Waals surface area contributed by atoms with Crippen molar-refractivity contribution >= 4 is 17.5 Å². The molecule has 1 fully saturated rings. The minimum atomic E-state index is -0.267. The zero-order valence-corrected chi connectivity index (χ0v) is 20.2. The summed E-state index contributed by atoms with van der Waals surface area (Å²) in [5.74, 6) is 1.21. The zero-order valence-electron chi connectivity index (χ0n) is 20.2. The molecular weight excluding hydrogens is 442 g/mol. The molecule has 7 heteroatoms. The molecule has 1 aliphatic heterocycles. The fourth-order valence-electron chi connectivity index (χ4n) is 4.14. The number of para-hydroxylation sites is 1. The maximum Gasteiger partial charge on any atom is 0.256 e. The molecule has 0 aromatic heterocycles. The predicted octanol–water partition coefficient (Wildman–Crippen LogP) is 3.96. The van der Waals surface area contributed by atoms with E-state index in [1.807, 2.05) is 29.2 Å². The highest BCUT2D eigenvalue weighted by atomic mass is 16.5. The fourth-order valence-corrected chi connectivity index (χ4v) is 4.14. The molecule has 0 saturated carbocycles. The van der Waals surface area contributed by atoms with Gasteiger partial charge in [-0.2, -0.15) is 0 Å². The highest BCUT2D eigenvalue weighted by Gasteiger charge is 2.24. The Morgan fingerprint density at radius 1 is 0.800 bits per heavy atom. The summed E-state index contributed by atoms with van der Waals surface area (Å²) in [5.41, 5.74) is 2.78. The first kappa shape index (κ1) is 24.3. The lowest BCUT2D eigenvalue weighted by molar-refractivity contribution is 0.0639. The van der Waals surface area contributed by atoms with Crippen molar-refractivity contribution in [3.05, 3.63) is 89.5 Å². The van der Waals surface area contributed by atoms with Crippen molar-refractivity contribution in [2.45, 2.75) is 6.42 Å². The molecule has 0 radical (unpaired) electrons. The number of rotatable bonds is 8. The molecule has 1 heterocycles. The second-order valence-electron chi connectivity index (χ2n) is 8.46. The van der Waals surface area contributed by atoms with Gasteiger partial charge in [-0.15, -0.1) is 0 Å². The fraction of sp³-hybridized carbons (Fsp3) is 0.286. The minimum Gasteiger partial charge on any atom is -0.497 e. The van der Waals surface area contributed by atoms with Crippen LogP contribution in [0.4, 0.5) is 5.69 Å². The SMILES string of the molecule is COc1ccc(CCN2CCN(C(=O)c3ccccc3NC(=O)c3ccc(OC)cc3)CC2)cc1. The number of benzene rings is 3. The third-order valence-electron chi connectivity index (χ3n) is 6.29. The topological polar surface area (TPSA) is 71.1 Å². The lowest BCUT2D eigenvalue weighted by Gasteiger charge is -2.35. The maximum absolute atomic E-state index is 13.3. The van der Waals surface area contributed by atoms with Gasteiger partial charge in [-0.05, 0) is 60.5 Å². The highest BCUT2D eigenvalue weighted by molar-refractivity contribution is 6.09. The Morgan fingerprint density at radius 3 is 2.03 bits per heavy atom. The molecule has 0 bridgehead atoms. The summed E-state index contributed by atoms with van der Waals surface area (Å²) in [6.07, 6.45) is 0.957. The third-order valence-corrected chi connectivity index (χ3v) is 6.29. The Hall–Kier alpha value is -3.84. The standard InChI is InChI=1S/C28H31N3O4/c1-34-23-11-7-21(8-12-23)15-16-30-17-19-31(20-18-30)28(33)25-5-3-4-6-26(25)29-27(32)22-9-13-24(35-2)14-10-22/h3-14H,15-20H2,1-2H3,(H,29,32). The van der Waals surface area contributed by atoms with Crippen molar-refractivity contribution in [3.63, 3.8) is 0 Å². The van der Waals surface area contributed by atoms with Crippen molar-refractivity contribution in [3.8, 4) is 11.5 Å². The van der Waals surface area contributed by atoms with E-state index in [1.165, 1.54) is 5.56 Å². The van der Waals surface area contributed by atoms with Gasteiger partial charge in [-0.25, -0.2) is 0 Å². The van der Waals surface area contributed by atoms with Crippen LogP contribution in [0.2, 0.25) is 0 Å². The van der Waals surface area contributed by atoms with E-state index in [-0.39, 0.29) is 11.8 Å². The van der Waals surface area contributed by atoms with Gasteiger partial charge in [0, 0.05) is 38.3 Å². The Kier molecular flexibility index (Phi) is 8.00. The van der Waals surface area contributed by atoms with E-state index in [1.54, 1.807) is 50.6 Å². The van der Waals surface area contributed by atoms with Gasteiger partial charge in [0.2, 0.25) is 0 Å². The van der Waals surface area contributed by atoms with Gasteiger partial charge in [0.25, 0.3) is 11.8 Å². The van der Waals surface area contributed by atoms with Gasteiger partial charge in [-0.1, -0.05) is 24.3 Å². The van der Waals surface area contributed by atoms with Crippen LogP contribution in [0.15, 0.2) is 72.8 Å². The minimum absolute atomic E-state index is 0.0644. The molecule has 1 N–H and O–H groups in total. The normalized spacial score (nSPS) is 13.8. The summed E-state index contributed by atoms with van der Waals surface area (Å²) < 4.78 is 10.4. The number of piperazine rings is 1. The molecule has 0 unspecified atom stereocenters. The Morgan fingerprint density at radius 2 is 1.40 bits per heavy atom. The molecule has 2 amide bonds. The average Bonchev–Trinajstić information content (AvgIpc) is 2.92. The Labute approximate surface area is 206 Å². The number of carbonyl (C=O) groups excluding carboxylic acids is 2. The summed E-state index contributed by atoms with van der Waals surface area (Å²) in [6.45, 7) is 3.90. The second-order valence-corrected chi connectivity index (χ2v) is 8.46. The number of anilines is 1. The van der Waals surface area contributed by atoms with E-state index in [0.29, 0.717) is 35.7 Å². The van der Waals surface area contributed by atoms with Gasteiger partial charge >= 0.3 is 0 Å². The number of hydrogen-bond donors (Lipinski definition) is 1. The molecule has 3 aromatic rings. The van der Waals surface area contributed by atoms with Crippen molar-refractivity contribution in [1.82, 2.24) is 9.80 Å². The molecule has 1 saturated heterocycles. The predicted molar refractivity (Wildman–Crippen MR) is 136 cm³/mol. The number of methoxy groups -OCH3 is 2. The summed E-state index contributed by atoms with van der Waals surface area (Å²) >= 11 is 0. The van der Waals surface area contributed by atoms with Crippen molar-refractivity contribution in [2.24, 2.45) is 0 Å².